The van der Waals surface area contributed by atoms with Gasteiger partial charge >= 0.3 is 5.97 Å². The summed E-state index contributed by atoms with van der Waals surface area (Å²) in [6.07, 6.45) is 0. The van der Waals surface area contributed by atoms with Crippen LogP contribution in [0, 0.1) is 6.92 Å². The van der Waals surface area contributed by atoms with Gasteiger partial charge in [-0.15, -0.1) is 11.3 Å². The summed E-state index contributed by atoms with van der Waals surface area (Å²) in [6, 6.07) is 3.08. The summed E-state index contributed by atoms with van der Waals surface area (Å²) < 4.78 is 10.6. The Morgan fingerprint density at radius 2 is 2.04 bits per heavy atom. The highest BCUT2D eigenvalue weighted by atomic mass is 79.9. The normalized spacial score (nSPS) is 10.4. The van der Waals surface area contributed by atoms with E-state index in [1.165, 1.54) is 13.0 Å². The minimum atomic E-state index is -0.579. The number of furan rings is 1. The monoisotopic (exact) mass is 399 g/mol. The molecule has 0 fully saturated rings. The molecule has 2 heterocycles. The number of nitrogens with one attached hydrogen (secondary N) is 1. The smallest absolute Gasteiger partial charge is 0.341 e. The first-order chi connectivity index (χ1) is 10.8. The van der Waals surface area contributed by atoms with Crippen LogP contribution < -0.4 is 5.32 Å². The summed E-state index contributed by atoms with van der Waals surface area (Å²) in [5, 5.41) is 2.87. The predicted octanol–water partition coefficient (Wildman–Crippen LogP) is 4.04. The highest BCUT2D eigenvalue weighted by Crippen LogP contribution is 2.34. The summed E-state index contributed by atoms with van der Waals surface area (Å²) in [4.78, 5) is 36.4. The van der Waals surface area contributed by atoms with E-state index in [1.54, 1.807) is 19.9 Å². The second-order valence-electron chi connectivity index (χ2n) is 4.59. The van der Waals surface area contributed by atoms with Crippen LogP contribution >= 0.6 is 27.3 Å². The first-order valence-corrected chi connectivity index (χ1v) is 8.34. The number of Topliss-reactive ketones (excluding diaryl/α,β-unsaturated/α-hetero) is 1. The molecule has 0 saturated carbocycles. The maximum absolute atomic E-state index is 12.2. The van der Waals surface area contributed by atoms with E-state index in [4.69, 9.17) is 9.15 Å². The van der Waals surface area contributed by atoms with Gasteiger partial charge in [-0.3, -0.25) is 9.59 Å². The highest BCUT2D eigenvalue weighted by Gasteiger charge is 2.26. The Morgan fingerprint density at radius 1 is 1.35 bits per heavy atom. The third kappa shape index (κ3) is 3.70. The van der Waals surface area contributed by atoms with Crippen molar-refractivity contribution in [2.75, 3.05) is 11.9 Å². The number of thiophene rings is 1. The van der Waals surface area contributed by atoms with Crippen LogP contribution in [0.1, 0.15) is 50.0 Å². The number of hydrogen-bond acceptors (Lipinski definition) is 6. The van der Waals surface area contributed by atoms with Crippen molar-refractivity contribution in [3.63, 3.8) is 0 Å². The van der Waals surface area contributed by atoms with Gasteiger partial charge in [-0.25, -0.2) is 4.79 Å². The predicted molar refractivity (Wildman–Crippen MR) is 89.4 cm³/mol. The van der Waals surface area contributed by atoms with E-state index in [9.17, 15) is 14.4 Å². The molecule has 0 aromatic carbocycles. The van der Waals surface area contributed by atoms with E-state index in [2.05, 4.69) is 21.2 Å². The SMILES string of the molecule is CCOC(=O)c1c(NC(=O)c2ccc(Br)o2)sc(C(C)=O)c1C. The molecule has 0 bridgehead atoms. The van der Waals surface area contributed by atoms with Crippen LogP contribution in [0.4, 0.5) is 5.00 Å². The number of halogens is 1. The Bertz CT molecular complexity index is 777. The maximum atomic E-state index is 12.2. The average Bonchev–Trinajstić information content (AvgIpc) is 3.03. The third-order valence-corrected chi connectivity index (χ3v) is 4.70. The lowest BCUT2D eigenvalue weighted by molar-refractivity contribution is 0.0527. The van der Waals surface area contributed by atoms with E-state index in [-0.39, 0.29) is 28.7 Å². The third-order valence-electron chi connectivity index (χ3n) is 2.97. The Balaban J connectivity index is 2.40. The number of rotatable bonds is 5. The molecule has 1 amide bonds. The fourth-order valence-corrected chi connectivity index (χ4v) is 3.38. The molecule has 6 nitrogen and oxygen atoms in total. The highest BCUT2D eigenvalue weighted by molar-refractivity contribution is 9.10. The second kappa shape index (κ2) is 7.10. The zero-order valence-electron chi connectivity index (χ0n) is 12.7. The topological polar surface area (TPSA) is 85.6 Å². The fraction of sp³-hybridized carbons (Fsp3) is 0.267. The number of esters is 1. The first kappa shape index (κ1) is 17.4. The quantitative estimate of drug-likeness (QED) is 0.605. The van der Waals surface area contributed by atoms with Gasteiger partial charge in [0, 0.05) is 0 Å². The second-order valence-corrected chi connectivity index (χ2v) is 6.40. The van der Waals surface area contributed by atoms with E-state index in [0.29, 0.717) is 15.1 Å². The van der Waals surface area contributed by atoms with Gasteiger partial charge in [-0.05, 0) is 54.4 Å². The van der Waals surface area contributed by atoms with Crippen LogP contribution in [0.3, 0.4) is 0 Å². The van der Waals surface area contributed by atoms with Crippen LogP contribution in [-0.2, 0) is 4.74 Å². The Morgan fingerprint density at radius 3 is 2.57 bits per heavy atom. The van der Waals surface area contributed by atoms with Gasteiger partial charge in [-0.1, -0.05) is 0 Å². The lowest BCUT2D eigenvalue weighted by atomic mass is 10.1. The molecule has 0 saturated heterocycles. The number of carbonyl (C=O) groups excluding carboxylic acids is 3. The number of carbonyl (C=O) groups is 3. The molecule has 0 spiro atoms. The van der Waals surface area contributed by atoms with Gasteiger partial charge in [0.25, 0.3) is 5.91 Å². The molecule has 1 N–H and O–H groups in total. The van der Waals surface area contributed by atoms with E-state index in [1.807, 2.05) is 0 Å². The fourth-order valence-electron chi connectivity index (χ4n) is 1.99. The first-order valence-electron chi connectivity index (χ1n) is 6.73. The van der Waals surface area contributed by atoms with Crippen LogP contribution in [0.25, 0.3) is 0 Å². The van der Waals surface area contributed by atoms with Gasteiger partial charge in [-0.2, -0.15) is 0 Å². The van der Waals surface area contributed by atoms with E-state index >= 15 is 0 Å². The molecule has 0 aliphatic rings. The zero-order valence-corrected chi connectivity index (χ0v) is 15.1. The number of anilines is 1. The molecular formula is C15H14BrNO5S. The minimum absolute atomic E-state index is 0.0853. The Labute approximate surface area is 144 Å². The van der Waals surface area contributed by atoms with E-state index < -0.39 is 11.9 Å². The van der Waals surface area contributed by atoms with Crippen molar-refractivity contribution < 1.29 is 23.5 Å². The Kier molecular flexibility index (Phi) is 5.38. The largest absolute Gasteiger partial charge is 0.462 e. The zero-order chi connectivity index (χ0) is 17.1. The maximum Gasteiger partial charge on any atom is 0.341 e. The summed E-state index contributed by atoms with van der Waals surface area (Å²) in [7, 11) is 0. The molecule has 2 rings (SSSR count). The van der Waals surface area contributed by atoms with Gasteiger partial charge in [0.1, 0.15) is 5.00 Å². The van der Waals surface area contributed by atoms with Crippen LogP contribution in [0.5, 0.6) is 0 Å². The van der Waals surface area contributed by atoms with Crippen LogP contribution in [0.15, 0.2) is 21.2 Å². The molecular weight excluding hydrogens is 386 g/mol. The van der Waals surface area contributed by atoms with Crippen LogP contribution in [-0.4, -0.2) is 24.3 Å². The molecule has 23 heavy (non-hydrogen) atoms. The lowest BCUT2D eigenvalue weighted by Gasteiger charge is -2.06. The minimum Gasteiger partial charge on any atom is -0.462 e. The molecule has 122 valence electrons. The van der Waals surface area contributed by atoms with Crippen LogP contribution in [0.2, 0.25) is 0 Å². The average molecular weight is 400 g/mol. The number of ketones is 1. The van der Waals surface area contributed by atoms with Crippen molar-refractivity contribution in [3.8, 4) is 0 Å². The molecule has 2 aromatic heterocycles. The van der Waals surface area contributed by atoms with Gasteiger partial charge in [0.05, 0.1) is 17.0 Å². The molecule has 0 aliphatic carbocycles. The lowest BCUT2D eigenvalue weighted by Crippen LogP contribution is -2.14. The number of ether oxygens (including phenoxy) is 1. The molecule has 0 unspecified atom stereocenters. The van der Waals surface area contributed by atoms with Crippen molar-refractivity contribution >= 4 is 49.9 Å². The number of hydrogen-bond donors (Lipinski definition) is 1. The summed E-state index contributed by atoms with van der Waals surface area (Å²) in [5.41, 5.74) is 0.692. The van der Waals surface area contributed by atoms with Crippen molar-refractivity contribution in [1.29, 1.82) is 0 Å². The van der Waals surface area contributed by atoms with E-state index in [0.717, 1.165) is 11.3 Å². The standard InChI is InChI=1S/C15H14BrNO5S/c1-4-21-15(20)11-7(2)12(8(3)18)23-14(11)17-13(19)9-5-6-10(16)22-9/h5-6H,4H2,1-3H3,(H,17,19). The van der Waals surface area contributed by atoms with Crippen molar-refractivity contribution in [3.05, 3.63) is 38.6 Å². The van der Waals surface area contributed by atoms with Gasteiger partial charge < -0.3 is 14.5 Å². The molecule has 2 aromatic rings. The summed E-state index contributed by atoms with van der Waals surface area (Å²) in [5.74, 6) is -1.19. The van der Waals surface area contributed by atoms with Gasteiger partial charge in [0.15, 0.2) is 16.2 Å². The van der Waals surface area contributed by atoms with Crippen molar-refractivity contribution in [1.82, 2.24) is 0 Å². The summed E-state index contributed by atoms with van der Waals surface area (Å²) >= 11 is 4.16. The molecule has 8 heteroatoms. The van der Waals surface area contributed by atoms with Gasteiger partial charge in [0.2, 0.25) is 0 Å². The summed E-state index contributed by atoms with van der Waals surface area (Å²) in [6.45, 7) is 4.94. The molecule has 0 atom stereocenters. The van der Waals surface area contributed by atoms with Crippen molar-refractivity contribution in [2.24, 2.45) is 0 Å². The van der Waals surface area contributed by atoms with Crippen molar-refractivity contribution in [2.45, 2.75) is 20.8 Å². The number of amides is 1. The molecule has 0 radical (unpaired) electrons. The Hall–Kier alpha value is -1.93. The molecule has 0 aliphatic heterocycles.